The Balaban J connectivity index is 1.66. The molecule has 1 unspecified atom stereocenters. The molecule has 1 saturated heterocycles. The number of hydrogen-bond donors (Lipinski definition) is 2. The molecular weight excluding hydrogens is 466 g/mol. The Labute approximate surface area is 197 Å². The Morgan fingerprint density at radius 3 is 2.85 bits per heavy atom. The lowest BCUT2D eigenvalue weighted by molar-refractivity contribution is -0.149. The summed E-state index contributed by atoms with van der Waals surface area (Å²) in [7, 11) is 0. The highest BCUT2D eigenvalue weighted by Gasteiger charge is 2.57. The van der Waals surface area contributed by atoms with E-state index in [-0.39, 0.29) is 18.8 Å². The van der Waals surface area contributed by atoms with Crippen LogP contribution in [0.3, 0.4) is 0 Å². The van der Waals surface area contributed by atoms with Gasteiger partial charge in [-0.05, 0) is 18.6 Å². The van der Waals surface area contributed by atoms with Crippen molar-refractivity contribution in [2.24, 2.45) is 0 Å². The standard InChI is InChI=1S/C22H21N3O6S2/c1-3-8-31-22(30)23-9-16(26)24(14-11-32-15-7-5-4-6-13(14)15)18-19(27)25-17(21(28)29)12(2)10-33-20(18)25/h3-7,11,18,20H,1,8-10H2,2H3,(H,23,30)(H,28,29)/t18?,20-/m0/s1. The molecule has 11 heteroatoms. The molecule has 0 bridgehead atoms. The van der Waals surface area contributed by atoms with E-state index in [9.17, 15) is 24.3 Å². The molecule has 2 atom stereocenters. The van der Waals surface area contributed by atoms with Gasteiger partial charge in [-0.3, -0.25) is 19.4 Å². The van der Waals surface area contributed by atoms with E-state index in [1.165, 1.54) is 39.0 Å². The molecule has 3 amide bonds. The van der Waals surface area contributed by atoms with Crippen LogP contribution in [0.25, 0.3) is 10.1 Å². The van der Waals surface area contributed by atoms with Crippen LogP contribution < -0.4 is 10.2 Å². The first kappa shape index (κ1) is 22.9. The third-order valence-corrected chi connectivity index (χ3v) is 7.68. The van der Waals surface area contributed by atoms with Crippen molar-refractivity contribution in [3.8, 4) is 0 Å². The summed E-state index contributed by atoms with van der Waals surface area (Å²) in [5.74, 6) is -1.71. The number of thiophene rings is 1. The molecule has 2 aliphatic rings. The summed E-state index contributed by atoms with van der Waals surface area (Å²) in [6, 6.07) is 6.59. The number of anilines is 1. The fraction of sp³-hybridized carbons (Fsp3) is 0.273. The quantitative estimate of drug-likeness (QED) is 0.456. The van der Waals surface area contributed by atoms with Crippen LogP contribution in [0.15, 0.2) is 53.6 Å². The van der Waals surface area contributed by atoms with Gasteiger partial charge in [-0.1, -0.05) is 30.9 Å². The van der Waals surface area contributed by atoms with Crippen LogP contribution in [-0.4, -0.2) is 64.2 Å². The van der Waals surface area contributed by atoms with Crippen LogP contribution in [-0.2, 0) is 19.1 Å². The number of alkyl carbamates (subject to hydrolysis) is 1. The Morgan fingerprint density at radius 2 is 2.12 bits per heavy atom. The summed E-state index contributed by atoms with van der Waals surface area (Å²) in [6.45, 7) is 4.75. The van der Waals surface area contributed by atoms with E-state index in [0.29, 0.717) is 17.0 Å². The summed E-state index contributed by atoms with van der Waals surface area (Å²) in [6.07, 6.45) is 0.626. The summed E-state index contributed by atoms with van der Waals surface area (Å²) in [4.78, 5) is 52.8. The average molecular weight is 488 g/mol. The molecule has 0 aliphatic carbocycles. The number of thioether (sulfide) groups is 1. The van der Waals surface area contributed by atoms with Crippen molar-refractivity contribution in [2.45, 2.75) is 18.3 Å². The monoisotopic (exact) mass is 487 g/mol. The molecule has 4 rings (SSSR count). The number of benzene rings is 1. The lowest BCUT2D eigenvalue weighted by Gasteiger charge is -2.52. The van der Waals surface area contributed by atoms with Crippen LogP contribution in [0.1, 0.15) is 6.92 Å². The number of carbonyl (C=O) groups is 4. The van der Waals surface area contributed by atoms with E-state index in [4.69, 9.17) is 4.74 Å². The van der Waals surface area contributed by atoms with Crippen LogP contribution in [0.5, 0.6) is 0 Å². The summed E-state index contributed by atoms with van der Waals surface area (Å²) >= 11 is 2.84. The lowest BCUT2D eigenvalue weighted by Crippen LogP contribution is -2.72. The van der Waals surface area contributed by atoms with Gasteiger partial charge in [0.1, 0.15) is 30.3 Å². The molecule has 2 aliphatic heterocycles. The molecule has 1 aromatic heterocycles. The van der Waals surface area contributed by atoms with Gasteiger partial charge in [0.2, 0.25) is 5.91 Å². The maximum Gasteiger partial charge on any atom is 0.407 e. The normalized spacial score (nSPS) is 19.5. The van der Waals surface area contributed by atoms with E-state index in [1.54, 1.807) is 12.3 Å². The minimum atomic E-state index is -1.17. The number of aliphatic carboxylic acids is 1. The fourth-order valence-corrected chi connectivity index (χ4v) is 6.14. The second kappa shape index (κ2) is 9.28. The molecule has 2 N–H and O–H groups in total. The van der Waals surface area contributed by atoms with Crippen molar-refractivity contribution in [1.29, 1.82) is 0 Å². The highest BCUT2D eigenvalue weighted by molar-refractivity contribution is 8.00. The van der Waals surface area contributed by atoms with Crippen molar-refractivity contribution >= 4 is 62.7 Å². The van der Waals surface area contributed by atoms with Gasteiger partial charge < -0.3 is 15.2 Å². The van der Waals surface area contributed by atoms with Crippen molar-refractivity contribution < 1.29 is 29.0 Å². The summed E-state index contributed by atoms with van der Waals surface area (Å²) < 4.78 is 5.79. The number of hydrogen-bond acceptors (Lipinski definition) is 7. The first-order valence-electron chi connectivity index (χ1n) is 10.0. The van der Waals surface area contributed by atoms with E-state index in [1.807, 2.05) is 24.3 Å². The molecule has 3 heterocycles. The van der Waals surface area contributed by atoms with Crippen LogP contribution >= 0.6 is 23.1 Å². The highest BCUT2D eigenvalue weighted by Crippen LogP contribution is 2.45. The van der Waals surface area contributed by atoms with E-state index >= 15 is 0 Å². The number of ether oxygens (including phenoxy) is 1. The van der Waals surface area contributed by atoms with Crippen molar-refractivity contribution in [3.05, 3.63) is 53.6 Å². The van der Waals surface area contributed by atoms with Crippen LogP contribution in [0, 0.1) is 0 Å². The van der Waals surface area contributed by atoms with Gasteiger partial charge in [0.05, 0.1) is 5.69 Å². The molecule has 0 radical (unpaired) electrons. The van der Waals surface area contributed by atoms with Crippen molar-refractivity contribution in [1.82, 2.24) is 10.2 Å². The number of nitrogens with zero attached hydrogens (tertiary/aromatic N) is 2. The minimum absolute atomic E-state index is 0.00264. The predicted octanol–water partition coefficient (Wildman–Crippen LogP) is 2.79. The van der Waals surface area contributed by atoms with Gasteiger partial charge in [-0.15, -0.1) is 23.1 Å². The second-order valence-corrected chi connectivity index (χ2v) is 9.43. The van der Waals surface area contributed by atoms with E-state index < -0.39 is 35.3 Å². The summed E-state index contributed by atoms with van der Waals surface area (Å²) in [5, 5.41) is 14.1. The zero-order valence-corrected chi connectivity index (χ0v) is 19.3. The third-order valence-electron chi connectivity index (χ3n) is 5.32. The largest absolute Gasteiger partial charge is 0.477 e. The average Bonchev–Trinajstić information content (AvgIpc) is 3.22. The van der Waals surface area contributed by atoms with E-state index in [2.05, 4.69) is 11.9 Å². The Morgan fingerprint density at radius 1 is 1.36 bits per heavy atom. The number of carbonyl (C=O) groups excluding carboxylic acids is 3. The predicted molar refractivity (Wildman–Crippen MR) is 126 cm³/mol. The van der Waals surface area contributed by atoms with Gasteiger partial charge in [-0.25, -0.2) is 9.59 Å². The highest BCUT2D eigenvalue weighted by atomic mass is 32.2. The zero-order chi connectivity index (χ0) is 23.7. The smallest absolute Gasteiger partial charge is 0.407 e. The molecule has 9 nitrogen and oxygen atoms in total. The Kier molecular flexibility index (Phi) is 6.43. The van der Waals surface area contributed by atoms with Crippen LogP contribution in [0.4, 0.5) is 10.5 Å². The molecular formula is C22H21N3O6S2. The van der Waals surface area contributed by atoms with Gasteiger partial charge in [0.15, 0.2) is 0 Å². The first-order chi connectivity index (χ1) is 15.8. The minimum Gasteiger partial charge on any atom is -0.477 e. The number of rotatable bonds is 7. The maximum atomic E-state index is 13.3. The lowest BCUT2D eigenvalue weighted by atomic mass is 10.00. The second-order valence-electron chi connectivity index (χ2n) is 7.41. The molecule has 172 valence electrons. The topological polar surface area (TPSA) is 116 Å². The number of nitrogens with one attached hydrogen (secondary N) is 1. The molecule has 1 aromatic carbocycles. The molecule has 0 spiro atoms. The zero-order valence-electron chi connectivity index (χ0n) is 17.6. The Bertz CT molecular complexity index is 1190. The van der Waals surface area contributed by atoms with Gasteiger partial charge in [-0.2, -0.15) is 0 Å². The van der Waals surface area contributed by atoms with Gasteiger partial charge in [0, 0.05) is 21.2 Å². The maximum absolute atomic E-state index is 13.3. The van der Waals surface area contributed by atoms with Gasteiger partial charge in [0.25, 0.3) is 5.91 Å². The van der Waals surface area contributed by atoms with Crippen molar-refractivity contribution in [3.63, 3.8) is 0 Å². The fourth-order valence-electron chi connectivity index (χ4n) is 3.87. The van der Waals surface area contributed by atoms with E-state index in [0.717, 1.165) is 10.1 Å². The first-order valence-corrected chi connectivity index (χ1v) is 12.0. The summed E-state index contributed by atoms with van der Waals surface area (Å²) in [5.41, 5.74) is 1.11. The van der Waals surface area contributed by atoms with Crippen LogP contribution in [0.2, 0.25) is 0 Å². The molecule has 1 fully saturated rings. The number of fused-ring (bicyclic) bond motifs is 2. The number of carboxylic acids is 1. The Hall–Kier alpha value is -3.31. The third kappa shape index (κ3) is 4.09. The SMILES string of the molecule is C=CCOC(=O)NCC(=O)N(c1csc2ccccc12)C1C(=O)N2C(C(=O)O)=C(C)CS[C@@H]12. The molecule has 33 heavy (non-hydrogen) atoms. The number of amides is 3. The number of carboxylic acid groups (broad SMARTS) is 1. The van der Waals surface area contributed by atoms with Gasteiger partial charge >= 0.3 is 12.1 Å². The van der Waals surface area contributed by atoms with Crippen molar-refractivity contribution in [2.75, 3.05) is 23.8 Å². The molecule has 2 aromatic rings. The number of β-lactam (4-membered cyclic amide) rings is 1. The molecule has 0 saturated carbocycles.